The van der Waals surface area contributed by atoms with Crippen LogP contribution in [0, 0.1) is 0 Å². The monoisotopic (exact) mass is 295 g/mol. The van der Waals surface area contributed by atoms with Crippen LogP contribution in [0.5, 0.6) is 0 Å². The molecule has 90 valence electrons. The predicted molar refractivity (Wildman–Crippen MR) is 67.6 cm³/mol. The second kappa shape index (κ2) is 4.70. The van der Waals surface area contributed by atoms with E-state index in [4.69, 9.17) is 8.83 Å². The molecule has 1 aliphatic rings. The number of rotatable bonds is 3. The Hall–Kier alpha value is -1.00. The van der Waals surface area contributed by atoms with Crippen molar-refractivity contribution >= 4 is 15.9 Å². The van der Waals surface area contributed by atoms with E-state index in [0.29, 0.717) is 6.04 Å². The molecule has 2 aromatic heterocycles. The number of furan rings is 2. The highest BCUT2D eigenvalue weighted by Gasteiger charge is 2.22. The molecule has 0 aromatic carbocycles. The first-order valence-corrected chi connectivity index (χ1v) is 6.66. The van der Waals surface area contributed by atoms with Crippen molar-refractivity contribution in [2.45, 2.75) is 31.8 Å². The van der Waals surface area contributed by atoms with E-state index in [1.807, 2.05) is 12.1 Å². The first-order chi connectivity index (χ1) is 8.33. The minimum absolute atomic E-state index is 0.390. The Bertz CT molecular complexity index is 503. The standard InChI is InChI=1S/C13H14BrNO2/c14-13-5-4-9(17-13)8-15-11-2-1-3-12-10(11)6-7-16-12/h4-7,11,15H,1-3,8H2. The summed E-state index contributed by atoms with van der Waals surface area (Å²) in [7, 11) is 0. The van der Waals surface area contributed by atoms with Crippen LogP contribution in [0.15, 0.2) is 38.0 Å². The van der Waals surface area contributed by atoms with E-state index in [0.717, 1.165) is 35.6 Å². The fraction of sp³-hybridized carbons (Fsp3) is 0.385. The van der Waals surface area contributed by atoms with Crippen LogP contribution in [-0.2, 0) is 13.0 Å². The average Bonchev–Trinajstić information content (AvgIpc) is 2.94. The number of halogens is 1. The van der Waals surface area contributed by atoms with Gasteiger partial charge in [-0.15, -0.1) is 0 Å². The summed E-state index contributed by atoms with van der Waals surface area (Å²) in [6.07, 6.45) is 5.19. The zero-order chi connectivity index (χ0) is 11.7. The van der Waals surface area contributed by atoms with Crippen molar-refractivity contribution in [2.75, 3.05) is 0 Å². The molecule has 0 bridgehead atoms. The summed E-state index contributed by atoms with van der Waals surface area (Å²) in [4.78, 5) is 0. The maximum atomic E-state index is 5.47. The van der Waals surface area contributed by atoms with E-state index in [9.17, 15) is 0 Å². The molecule has 1 aliphatic carbocycles. The van der Waals surface area contributed by atoms with E-state index >= 15 is 0 Å². The molecule has 3 rings (SSSR count). The molecule has 4 heteroatoms. The fourth-order valence-corrected chi connectivity index (χ4v) is 2.71. The molecule has 0 aliphatic heterocycles. The van der Waals surface area contributed by atoms with Gasteiger partial charge in [0, 0.05) is 18.0 Å². The third-order valence-electron chi connectivity index (χ3n) is 3.20. The highest BCUT2D eigenvalue weighted by Crippen LogP contribution is 2.30. The highest BCUT2D eigenvalue weighted by molar-refractivity contribution is 9.10. The molecule has 0 radical (unpaired) electrons. The molecule has 3 nitrogen and oxygen atoms in total. The van der Waals surface area contributed by atoms with Crippen LogP contribution in [0.1, 0.15) is 36.0 Å². The van der Waals surface area contributed by atoms with Gasteiger partial charge in [-0.05, 0) is 47.0 Å². The molecule has 0 fully saturated rings. The van der Waals surface area contributed by atoms with Gasteiger partial charge in [0.2, 0.25) is 0 Å². The summed E-state index contributed by atoms with van der Waals surface area (Å²) >= 11 is 3.31. The molecule has 0 saturated heterocycles. The van der Waals surface area contributed by atoms with Crippen LogP contribution >= 0.6 is 15.9 Å². The van der Waals surface area contributed by atoms with Crippen molar-refractivity contribution in [2.24, 2.45) is 0 Å². The molecule has 1 atom stereocenters. The minimum atomic E-state index is 0.390. The van der Waals surface area contributed by atoms with Crippen LogP contribution in [0.2, 0.25) is 0 Å². The lowest BCUT2D eigenvalue weighted by Crippen LogP contribution is -2.23. The van der Waals surface area contributed by atoms with Crippen molar-refractivity contribution in [1.29, 1.82) is 0 Å². The van der Waals surface area contributed by atoms with Crippen LogP contribution in [-0.4, -0.2) is 0 Å². The maximum absolute atomic E-state index is 5.47. The van der Waals surface area contributed by atoms with Gasteiger partial charge in [0.1, 0.15) is 11.5 Å². The lowest BCUT2D eigenvalue weighted by Gasteiger charge is -2.22. The Kier molecular flexibility index (Phi) is 3.07. The number of fused-ring (bicyclic) bond motifs is 1. The van der Waals surface area contributed by atoms with Crippen molar-refractivity contribution in [1.82, 2.24) is 5.32 Å². The highest BCUT2D eigenvalue weighted by atomic mass is 79.9. The van der Waals surface area contributed by atoms with Crippen LogP contribution in [0.25, 0.3) is 0 Å². The first-order valence-electron chi connectivity index (χ1n) is 5.87. The SMILES string of the molecule is Brc1ccc(CNC2CCCc3occc32)o1. The van der Waals surface area contributed by atoms with E-state index in [1.54, 1.807) is 6.26 Å². The Morgan fingerprint density at radius 2 is 2.29 bits per heavy atom. The Labute approximate surface area is 108 Å². The van der Waals surface area contributed by atoms with Gasteiger partial charge in [-0.2, -0.15) is 0 Å². The van der Waals surface area contributed by atoms with Gasteiger partial charge in [0.25, 0.3) is 0 Å². The van der Waals surface area contributed by atoms with E-state index in [-0.39, 0.29) is 0 Å². The molecule has 1 unspecified atom stereocenters. The van der Waals surface area contributed by atoms with Crippen molar-refractivity contribution in [3.63, 3.8) is 0 Å². The van der Waals surface area contributed by atoms with Gasteiger partial charge in [-0.25, -0.2) is 0 Å². The zero-order valence-corrected chi connectivity index (χ0v) is 11.0. The Morgan fingerprint density at radius 1 is 1.35 bits per heavy atom. The van der Waals surface area contributed by atoms with Crippen molar-refractivity contribution in [3.05, 3.63) is 46.2 Å². The summed E-state index contributed by atoms with van der Waals surface area (Å²) in [5, 5.41) is 3.52. The molecule has 0 amide bonds. The van der Waals surface area contributed by atoms with E-state index in [2.05, 4.69) is 27.3 Å². The topological polar surface area (TPSA) is 38.3 Å². The summed E-state index contributed by atoms with van der Waals surface area (Å²) in [6.45, 7) is 0.751. The van der Waals surface area contributed by atoms with Gasteiger partial charge >= 0.3 is 0 Å². The molecule has 1 N–H and O–H groups in total. The largest absolute Gasteiger partial charge is 0.469 e. The normalized spacial score (nSPS) is 19.2. The third-order valence-corrected chi connectivity index (χ3v) is 3.63. The summed E-state index contributed by atoms with van der Waals surface area (Å²) < 4.78 is 11.7. The fourth-order valence-electron chi connectivity index (χ4n) is 2.37. The number of nitrogens with one attached hydrogen (secondary N) is 1. The van der Waals surface area contributed by atoms with Gasteiger partial charge in [0.15, 0.2) is 4.67 Å². The number of aryl methyl sites for hydroxylation is 1. The van der Waals surface area contributed by atoms with Gasteiger partial charge in [-0.1, -0.05) is 0 Å². The molecule has 17 heavy (non-hydrogen) atoms. The lowest BCUT2D eigenvalue weighted by molar-refractivity contribution is 0.388. The van der Waals surface area contributed by atoms with E-state index < -0.39 is 0 Å². The smallest absolute Gasteiger partial charge is 0.169 e. The van der Waals surface area contributed by atoms with Crippen LogP contribution in [0.3, 0.4) is 0 Å². The maximum Gasteiger partial charge on any atom is 0.169 e. The minimum Gasteiger partial charge on any atom is -0.469 e. The van der Waals surface area contributed by atoms with Gasteiger partial charge < -0.3 is 14.2 Å². The van der Waals surface area contributed by atoms with Crippen molar-refractivity contribution in [3.8, 4) is 0 Å². The summed E-state index contributed by atoms with van der Waals surface area (Å²) in [5.74, 6) is 2.09. The van der Waals surface area contributed by atoms with Gasteiger partial charge in [-0.3, -0.25) is 0 Å². The second-order valence-electron chi connectivity index (χ2n) is 4.33. The number of hydrogen-bond donors (Lipinski definition) is 1. The van der Waals surface area contributed by atoms with Gasteiger partial charge in [0.05, 0.1) is 12.8 Å². The average molecular weight is 296 g/mol. The van der Waals surface area contributed by atoms with Crippen LogP contribution in [0.4, 0.5) is 0 Å². The molecule has 0 saturated carbocycles. The number of hydrogen-bond acceptors (Lipinski definition) is 3. The molecule has 2 aromatic rings. The predicted octanol–water partition coefficient (Wildman–Crippen LogP) is 3.80. The van der Waals surface area contributed by atoms with Crippen molar-refractivity contribution < 1.29 is 8.83 Å². The third kappa shape index (κ3) is 2.33. The Balaban J connectivity index is 1.67. The summed E-state index contributed by atoms with van der Waals surface area (Å²) in [5.41, 5.74) is 1.31. The quantitative estimate of drug-likeness (QED) is 0.936. The zero-order valence-electron chi connectivity index (χ0n) is 9.41. The van der Waals surface area contributed by atoms with E-state index in [1.165, 1.54) is 12.0 Å². The first kappa shape index (κ1) is 11.1. The Morgan fingerprint density at radius 3 is 3.12 bits per heavy atom. The molecule has 0 spiro atoms. The second-order valence-corrected chi connectivity index (χ2v) is 5.11. The molecular formula is C13H14BrNO2. The molecular weight excluding hydrogens is 282 g/mol. The van der Waals surface area contributed by atoms with Crippen LogP contribution < -0.4 is 5.32 Å². The molecule has 2 heterocycles. The summed E-state index contributed by atoms with van der Waals surface area (Å²) in [6, 6.07) is 6.36. The lowest BCUT2D eigenvalue weighted by atomic mass is 9.93.